The lowest BCUT2D eigenvalue weighted by atomic mass is 9.71. The van der Waals surface area contributed by atoms with Gasteiger partial charge in [0.2, 0.25) is 0 Å². The molecule has 2 heteroatoms. The van der Waals surface area contributed by atoms with Gasteiger partial charge in [-0.05, 0) is 44.5 Å². The average molecular weight is 281 g/mol. The van der Waals surface area contributed by atoms with Crippen LogP contribution in [0.2, 0.25) is 0 Å². The predicted molar refractivity (Wildman–Crippen MR) is 86.9 cm³/mol. The van der Waals surface area contributed by atoms with Gasteiger partial charge in [-0.1, -0.05) is 42.5 Å². The summed E-state index contributed by atoms with van der Waals surface area (Å²) in [6, 6.07) is 17.4. The molecule has 3 rings (SSSR count). The van der Waals surface area contributed by atoms with Crippen LogP contribution < -0.4 is 10.1 Å². The fourth-order valence-electron chi connectivity index (χ4n) is 3.27. The van der Waals surface area contributed by atoms with Crippen LogP contribution in [0.3, 0.4) is 0 Å². The zero-order chi connectivity index (χ0) is 14.8. The van der Waals surface area contributed by atoms with Crippen molar-refractivity contribution in [2.24, 2.45) is 0 Å². The summed E-state index contributed by atoms with van der Waals surface area (Å²) in [6.45, 7) is 4.15. The summed E-state index contributed by atoms with van der Waals surface area (Å²) in [6.07, 6.45) is 1.33. The van der Waals surface area contributed by atoms with E-state index in [0.717, 1.165) is 12.2 Å². The minimum absolute atomic E-state index is 0.192. The molecule has 0 aliphatic heterocycles. The van der Waals surface area contributed by atoms with Crippen molar-refractivity contribution in [3.63, 3.8) is 0 Å². The average Bonchev–Trinajstić information content (AvgIpc) is 2.45. The number of para-hydroxylation sites is 1. The maximum atomic E-state index is 5.99. The first-order valence-electron chi connectivity index (χ1n) is 7.71. The molecule has 0 fully saturated rings. The van der Waals surface area contributed by atoms with Crippen LogP contribution >= 0.6 is 0 Å². The zero-order valence-corrected chi connectivity index (χ0v) is 13.0. The summed E-state index contributed by atoms with van der Waals surface area (Å²) in [5.41, 5.74) is 4.20. The summed E-state index contributed by atoms with van der Waals surface area (Å²) in [7, 11) is 2.04. The van der Waals surface area contributed by atoms with E-state index in [1.54, 1.807) is 0 Å². The van der Waals surface area contributed by atoms with Gasteiger partial charge >= 0.3 is 0 Å². The van der Waals surface area contributed by atoms with E-state index in [0.29, 0.717) is 12.0 Å². The van der Waals surface area contributed by atoms with E-state index in [2.05, 4.69) is 61.6 Å². The second-order valence-corrected chi connectivity index (χ2v) is 5.98. The maximum Gasteiger partial charge on any atom is 0.124 e. The van der Waals surface area contributed by atoms with Gasteiger partial charge in [-0.3, -0.25) is 0 Å². The number of benzene rings is 2. The molecule has 1 aliphatic carbocycles. The van der Waals surface area contributed by atoms with Gasteiger partial charge < -0.3 is 10.1 Å². The largest absolute Gasteiger partial charge is 0.491 e. The monoisotopic (exact) mass is 281 g/mol. The van der Waals surface area contributed by atoms with Gasteiger partial charge in [0.05, 0.1) is 6.10 Å². The molecule has 1 aliphatic rings. The van der Waals surface area contributed by atoms with Crippen molar-refractivity contribution in [1.82, 2.24) is 5.32 Å². The van der Waals surface area contributed by atoms with Crippen molar-refractivity contribution < 1.29 is 4.74 Å². The zero-order valence-electron chi connectivity index (χ0n) is 13.0. The molecule has 2 unspecified atom stereocenters. The molecular formula is C19H23NO. The summed E-state index contributed by atoms with van der Waals surface area (Å²) in [4.78, 5) is 0. The minimum Gasteiger partial charge on any atom is -0.491 e. The molecule has 0 heterocycles. The number of fused-ring (bicyclic) bond motifs is 1. The Hall–Kier alpha value is -1.80. The fraction of sp³-hybridized carbons (Fsp3) is 0.368. The number of nitrogens with one attached hydrogen (secondary N) is 1. The Balaban J connectivity index is 1.92. The van der Waals surface area contributed by atoms with Gasteiger partial charge in [-0.25, -0.2) is 0 Å². The van der Waals surface area contributed by atoms with Crippen LogP contribution in [0.15, 0.2) is 48.5 Å². The Morgan fingerprint density at radius 2 is 1.76 bits per heavy atom. The third-order valence-corrected chi connectivity index (χ3v) is 4.22. The number of hydrogen-bond acceptors (Lipinski definition) is 2. The van der Waals surface area contributed by atoms with E-state index in [9.17, 15) is 0 Å². The summed E-state index contributed by atoms with van der Waals surface area (Å²) in [5.74, 6) is 1.53. The Bertz CT molecular complexity index is 620. The molecule has 0 bridgehead atoms. The van der Waals surface area contributed by atoms with Gasteiger partial charge in [-0.15, -0.1) is 0 Å². The van der Waals surface area contributed by atoms with Crippen LogP contribution in [-0.4, -0.2) is 13.2 Å². The Morgan fingerprint density at radius 1 is 1.05 bits per heavy atom. The highest BCUT2D eigenvalue weighted by Crippen LogP contribution is 2.45. The van der Waals surface area contributed by atoms with Crippen LogP contribution in [-0.2, 0) is 6.42 Å². The first-order valence-corrected chi connectivity index (χ1v) is 7.71. The molecule has 110 valence electrons. The van der Waals surface area contributed by atoms with Gasteiger partial charge in [0.25, 0.3) is 0 Å². The second kappa shape index (κ2) is 5.90. The van der Waals surface area contributed by atoms with Crippen molar-refractivity contribution in [3.05, 3.63) is 65.2 Å². The molecule has 0 spiro atoms. The van der Waals surface area contributed by atoms with Crippen molar-refractivity contribution >= 4 is 0 Å². The Morgan fingerprint density at radius 3 is 2.48 bits per heavy atom. The Labute approximate surface area is 127 Å². The van der Waals surface area contributed by atoms with Crippen molar-refractivity contribution in [2.45, 2.75) is 38.3 Å². The van der Waals surface area contributed by atoms with Crippen LogP contribution in [0.25, 0.3) is 0 Å². The molecular weight excluding hydrogens is 258 g/mol. The lowest BCUT2D eigenvalue weighted by Gasteiger charge is -2.37. The van der Waals surface area contributed by atoms with Gasteiger partial charge in [0.1, 0.15) is 5.75 Å². The minimum atomic E-state index is 0.192. The molecule has 0 aromatic heterocycles. The SMILES string of the molecule is CNC(c1ccccc1OC(C)C)C1Cc2ccccc21. The maximum absolute atomic E-state index is 5.99. The standard InChI is InChI=1S/C19H23NO/c1-13(2)21-18-11-7-6-10-16(18)19(20-3)17-12-14-8-4-5-9-15(14)17/h4-11,13,17,19-20H,12H2,1-3H3. The number of hydrogen-bond donors (Lipinski definition) is 1. The van der Waals surface area contributed by atoms with E-state index in [1.165, 1.54) is 16.7 Å². The topological polar surface area (TPSA) is 21.3 Å². The first kappa shape index (κ1) is 14.2. The van der Waals surface area contributed by atoms with E-state index in [4.69, 9.17) is 4.74 Å². The van der Waals surface area contributed by atoms with Gasteiger partial charge in [0, 0.05) is 17.5 Å². The van der Waals surface area contributed by atoms with E-state index in [-0.39, 0.29) is 6.10 Å². The summed E-state index contributed by atoms with van der Waals surface area (Å²) in [5, 5.41) is 3.49. The van der Waals surface area contributed by atoms with Crippen molar-refractivity contribution in [1.29, 1.82) is 0 Å². The van der Waals surface area contributed by atoms with Crippen LogP contribution in [0.1, 0.15) is 42.5 Å². The third-order valence-electron chi connectivity index (χ3n) is 4.22. The normalized spacial score (nSPS) is 18.0. The number of ether oxygens (including phenoxy) is 1. The molecule has 0 saturated heterocycles. The summed E-state index contributed by atoms with van der Waals surface area (Å²) < 4.78 is 5.99. The van der Waals surface area contributed by atoms with E-state index >= 15 is 0 Å². The fourth-order valence-corrected chi connectivity index (χ4v) is 3.27. The highest BCUT2D eigenvalue weighted by Gasteiger charge is 2.34. The molecule has 0 amide bonds. The smallest absolute Gasteiger partial charge is 0.124 e. The number of likely N-dealkylation sites (N-methyl/N-ethyl adjacent to an activating group) is 1. The van der Waals surface area contributed by atoms with Crippen LogP contribution in [0.5, 0.6) is 5.75 Å². The van der Waals surface area contributed by atoms with Crippen LogP contribution in [0.4, 0.5) is 0 Å². The highest BCUT2D eigenvalue weighted by molar-refractivity contribution is 5.46. The molecule has 1 N–H and O–H groups in total. The molecule has 2 nitrogen and oxygen atoms in total. The first-order chi connectivity index (χ1) is 10.2. The lowest BCUT2D eigenvalue weighted by Crippen LogP contribution is -2.31. The summed E-state index contributed by atoms with van der Waals surface area (Å²) >= 11 is 0. The highest BCUT2D eigenvalue weighted by atomic mass is 16.5. The second-order valence-electron chi connectivity index (χ2n) is 5.98. The van der Waals surface area contributed by atoms with Gasteiger partial charge in [0.15, 0.2) is 0 Å². The molecule has 0 radical (unpaired) electrons. The Kier molecular flexibility index (Phi) is 3.98. The van der Waals surface area contributed by atoms with Crippen molar-refractivity contribution in [3.8, 4) is 5.75 Å². The molecule has 0 saturated carbocycles. The predicted octanol–water partition coefficient (Wildman–Crippen LogP) is 4.07. The quantitative estimate of drug-likeness (QED) is 0.892. The van der Waals surface area contributed by atoms with Gasteiger partial charge in [-0.2, -0.15) is 0 Å². The molecule has 2 aromatic carbocycles. The van der Waals surface area contributed by atoms with E-state index in [1.807, 2.05) is 13.1 Å². The van der Waals surface area contributed by atoms with Crippen molar-refractivity contribution in [2.75, 3.05) is 7.05 Å². The van der Waals surface area contributed by atoms with Crippen LogP contribution in [0, 0.1) is 0 Å². The number of rotatable bonds is 5. The lowest BCUT2D eigenvalue weighted by molar-refractivity contribution is 0.236. The molecule has 2 atom stereocenters. The molecule has 2 aromatic rings. The third kappa shape index (κ3) is 2.68. The van der Waals surface area contributed by atoms with E-state index < -0.39 is 0 Å². The molecule has 21 heavy (non-hydrogen) atoms.